The molecule has 0 atom stereocenters. The van der Waals surface area contributed by atoms with Crippen LogP contribution in [-0.4, -0.2) is 30.3 Å². The first-order chi connectivity index (χ1) is 10.2. The molecular formula is C14H13N5OS. The molecule has 6 nitrogen and oxygen atoms in total. The highest BCUT2D eigenvalue weighted by molar-refractivity contribution is 7.98. The van der Waals surface area contributed by atoms with Crippen molar-refractivity contribution >= 4 is 11.8 Å². The number of phenols is 1. The van der Waals surface area contributed by atoms with Gasteiger partial charge in [0.05, 0.1) is 5.69 Å². The molecule has 0 aliphatic heterocycles. The Morgan fingerprint density at radius 3 is 2.76 bits per heavy atom. The lowest BCUT2D eigenvalue weighted by atomic mass is 10.2. The van der Waals surface area contributed by atoms with E-state index in [9.17, 15) is 5.11 Å². The number of hydrogen-bond donors (Lipinski definition) is 1. The molecule has 1 aromatic carbocycles. The second-order valence-corrected chi connectivity index (χ2v) is 5.49. The Morgan fingerprint density at radius 1 is 1.19 bits per heavy atom. The minimum Gasteiger partial charge on any atom is -0.508 e. The molecule has 0 aliphatic rings. The predicted molar refractivity (Wildman–Crippen MR) is 79.4 cm³/mol. The quantitative estimate of drug-likeness (QED) is 0.745. The van der Waals surface area contributed by atoms with E-state index in [4.69, 9.17) is 0 Å². The summed E-state index contributed by atoms with van der Waals surface area (Å²) in [6, 6.07) is 8.84. The Balaban J connectivity index is 1.78. The predicted octanol–water partition coefficient (Wildman–Crippen LogP) is 2.36. The summed E-state index contributed by atoms with van der Waals surface area (Å²) in [4.78, 5) is 4.17. The Hall–Kier alpha value is -2.41. The van der Waals surface area contributed by atoms with Crippen molar-refractivity contribution in [2.75, 3.05) is 0 Å². The summed E-state index contributed by atoms with van der Waals surface area (Å²) in [5.74, 6) is 0.958. The van der Waals surface area contributed by atoms with Crippen LogP contribution in [0.25, 0.3) is 5.69 Å². The summed E-state index contributed by atoms with van der Waals surface area (Å²) in [5, 5.41) is 21.8. The maximum Gasteiger partial charge on any atom is 0.214 e. The lowest BCUT2D eigenvalue weighted by Crippen LogP contribution is -1.98. The molecule has 0 bridgehead atoms. The number of aromatic hydroxyl groups is 1. The number of aromatic nitrogens is 5. The molecule has 21 heavy (non-hydrogen) atoms. The Kier molecular flexibility index (Phi) is 3.83. The van der Waals surface area contributed by atoms with E-state index in [0.717, 1.165) is 22.6 Å². The first-order valence-corrected chi connectivity index (χ1v) is 7.32. The van der Waals surface area contributed by atoms with Crippen molar-refractivity contribution in [3.63, 3.8) is 0 Å². The average molecular weight is 299 g/mol. The van der Waals surface area contributed by atoms with Gasteiger partial charge in [0, 0.05) is 18.1 Å². The molecule has 106 valence electrons. The molecule has 0 unspecified atom stereocenters. The van der Waals surface area contributed by atoms with E-state index in [1.165, 1.54) is 11.8 Å². The minimum absolute atomic E-state index is 0.215. The van der Waals surface area contributed by atoms with Crippen molar-refractivity contribution in [3.05, 3.63) is 53.9 Å². The van der Waals surface area contributed by atoms with Crippen molar-refractivity contribution in [1.82, 2.24) is 25.2 Å². The molecule has 0 spiro atoms. The van der Waals surface area contributed by atoms with Crippen molar-refractivity contribution in [2.24, 2.45) is 0 Å². The number of rotatable bonds is 4. The third-order valence-corrected chi connectivity index (χ3v) is 3.83. The lowest BCUT2D eigenvalue weighted by molar-refractivity contribution is 0.475. The summed E-state index contributed by atoms with van der Waals surface area (Å²) >= 11 is 1.54. The molecule has 7 heteroatoms. The summed E-state index contributed by atoms with van der Waals surface area (Å²) in [6.07, 6.45) is 3.67. The highest BCUT2D eigenvalue weighted by atomic mass is 32.2. The van der Waals surface area contributed by atoms with Gasteiger partial charge in [-0.3, -0.25) is 4.98 Å². The van der Waals surface area contributed by atoms with Gasteiger partial charge in [0.2, 0.25) is 5.16 Å². The molecule has 0 aliphatic carbocycles. The number of hydrogen-bond acceptors (Lipinski definition) is 6. The number of tetrazole rings is 1. The van der Waals surface area contributed by atoms with E-state index < -0.39 is 0 Å². The molecule has 0 saturated heterocycles. The van der Waals surface area contributed by atoms with Crippen LogP contribution >= 0.6 is 11.8 Å². The fourth-order valence-corrected chi connectivity index (χ4v) is 2.68. The summed E-state index contributed by atoms with van der Waals surface area (Å²) in [6.45, 7) is 2.02. The van der Waals surface area contributed by atoms with Crippen LogP contribution in [0.5, 0.6) is 5.75 Å². The fourth-order valence-electron chi connectivity index (χ4n) is 1.87. The second-order valence-electron chi connectivity index (χ2n) is 4.55. The van der Waals surface area contributed by atoms with Gasteiger partial charge >= 0.3 is 0 Å². The van der Waals surface area contributed by atoms with E-state index in [0.29, 0.717) is 5.16 Å². The van der Waals surface area contributed by atoms with E-state index >= 15 is 0 Å². The van der Waals surface area contributed by atoms with E-state index in [2.05, 4.69) is 26.6 Å². The standard InChI is InChI=1S/C14H13N5OS/c1-10-6-11(8-15-7-10)9-21-14-16-17-18-19(14)12-2-4-13(20)5-3-12/h2-8,20H,9H2,1H3. The molecule has 1 N–H and O–H groups in total. The highest BCUT2D eigenvalue weighted by Gasteiger charge is 2.09. The first kappa shape index (κ1) is 13.6. The zero-order chi connectivity index (χ0) is 14.7. The van der Waals surface area contributed by atoms with Crippen LogP contribution in [0.4, 0.5) is 0 Å². The molecule has 0 amide bonds. The molecular weight excluding hydrogens is 286 g/mol. The topological polar surface area (TPSA) is 76.7 Å². The van der Waals surface area contributed by atoms with Gasteiger partial charge in [0.1, 0.15) is 5.75 Å². The number of phenolic OH excluding ortho intramolecular Hbond substituents is 1. The van der Waals surface area contributed by atoms with Crippen molar-refractivity contribution < 1.29 is 5.11 Å². The van der Waals surface area contributed by atoms with Gasteiger partial charge in [-0.25, -0.2) is 0 Å². The van der Waals surface area contributed by atoms with Crippen LogP contribution in [0.1, 0.15) is 11.1 Å². The Labute approximate surface area is 125 Å². The normalized spacial score (nSPS) is 10.7. The smallest absolute Gasteiger partial charge is 0.214 e. The number of benzene rings is 1. The van der Waals surface area contributed by atoms with Crippen LogP contribution in [0, 0.1) is 6.92 Å². The molecule has 2 aromatic heterocycles. The first-order valence-electron chi connectivity index (χ1n) is 6.33. The number of aryl methyl sites for hydroxylation is 1. The largest absolute Gasteiger partial charge is 0.508 e. The fraction of sp³-hybridized carbons (Fsp3) is 0.143. The van der Waals surface area contributed by atoms with Gasteiger partial charge in [0.25, 0.3) is 0 Å². The number of nitrogens with zero attached hydrogens (tertiary/aromatic N) is 5. The highest BCUT2D eigenvalue weighted by Crippen LogP contribution is 2.23. The molecule has 0 saturated carbocycles. The van der Waals surface area contributed by atoms with Crippen LogP contribution in [0.3, 0.4) is 0 Å². The van der Waals surface area contributed by atoms with Crippen LogP contribution in [0.15, 0.2) is 47.9 Å². The van der Waals surface area contributed by atoms with Crippen molar-refractivity contribution in [2.45, 2.75) is 17.8 Å². The van der Waals surface area contributed by atoms with E-state index in [1.54, 1.807) is 28.9 Å². The second kappa shape index (κ2) is 5.92. The lowest BCUT2D eigenvalue weighted by Gasteiger charge is -2.04. The van der Waals surface area contributed by atoms with E-state index in [-0.39, 0.29) is 5.75 Å². The minimum atomic E-state index is 0.215. The van der Waals surface area contributed by atoms with Crippen LogP contribution in [-0.2, 0) is 5.75 Å². The van der Waals surface area contributed by atoms with Gasteiger partial charge in [0.15, 0.2) is 0 Å². The van der Waals surface area contributed by atoms with Crippen LogP contribution < -0.4 is 0 Å². The van der Waals surface area contributed by atoms with Gasteiger partial charge in [-0.15, -0.1) is 5.10 Å². The monoisotopic (exact) mass is 299 g/mol. The third-order valence-electron chi connectivity index (χ3n) is 2.83. The maximum atomic E-state index is 9.33. The number of pyridine rings is 1. The Bertz CT molecular complexity index is 741. The Morgan fingerprint density at radius 2 is 2.00 bits per heavy atom. The molecule has 3 rings (SSSR count). The third kappa shape index (κ3) is 3.19. The maximum absolute atomic E-state index is 9.33. The summed E-state index contributed by atoms with van der Waals surface area (Å²) in [7, 11) is 0. The average Bonchev–Trinajstić information content (AvgIpc) is 2.94. The van der Waals surface area contributed by atoms with E-state index in [1.807, 2.05) is 19.3 Å². The van der Waals surface area contributed by atoms with Crippen molar-refractivity contribution in [3.8, 4) is 11.4 Å². The van der Waals surface area contributed by atoms with Gasteiger partial charge in [-0.1, -0.05) is 17.8 Å². The SMILES string of the molecule is Cc1cncc(CSc2nnnn2-c2ccc(O)cc2)c1. The van der Waals surface area contributed by atoms with Crippen molar-refractivity contribution in [1.29, 1.82) is 0 Å². The van der Waals surface area contributed by atoms with Gasteiger partial charge < -0.3 is 5.11 Å². The zero-order valence-corrected chi connectivity index (χ0v) is 12.2. The number of thioether (sulfide) groups is 1. The zero-order valence-electron chi connectivity index (χ0n) is 11.3. The van der Waals surface area contributed by atoms with Gasteiger partial charge in [-0.05, 0) is 52.7 Å². The van der Waals surface area contributed by atoms with Gasteiger partial charge in [-0.2, -0.15) is 4.68 Å². The van der Waals surface area contributed by atoms with Crippen LogP contribution in [0.2, 0.25) is 0 Å². The summed E-state index contributed by atoms with van der Waals surface area (Å²) < 4.78 is 1.65. The molecule has 0 radical (unpaired) electrons. The molecule has 0 fully saturated rings. The molecule has 2 heterocycles. The summed E-state index contributed by atoms with van der Waals surface area (Å²) in [5.41, 5.74) is 3.06. The molecule has 3 aromatic rings.